The van der Waals surface area contributed by atoms with E-state index in [2.05, 4.69) is 24.0 Å². The van der Waals surface area contributed by atoms with Gasteiger partial charge >= 0.3 is 0 Å². The van der Waals surface area contributed by atoms with Gasteiger partial charge in [-0.1, -0.05) is 12.1 Å². The van der Waals surface area contributed by atoms with Crippen molar-refractivity contribution < 1.29 is 13.9 Å². The van der Waals surface area contributed by atoms with Crippen molar-refractivity contribution in [1.82, 2.24) is 9.80 Å². The zero-order chi connectivity index (χ0) is 16.2. The van der Waals surface area contributed by atoms with Crippen LogP contribution in [0.4, 0.5) is 0 Å². The highest BCUT2D eigenvalue weighted by Crippen LogP contribution is 2.18. The lowest BCUT2D eigenvalue weighted by molar-refractivity contribution is 0.0446. The van der Waals surface area contributed by atoms with Crippen LogP contribution >= 0.6 is 0 Å². The second-order valence-corrected chi connectivity index (χ2v) is 5.91. The number of rotatable bonds is 4. The third kappa shape index (κ3) is 3.56. The van der Waals surface area contributed by atoms with Crippen molar-refractivity contribution in [3.63, 3.8) is 0 Å². The Morgan fingerprint density at radius 3 is 2.87 bits per heavy atom. The quantitative estimate of drug-likeness (QED) is 0.870. The zero-order valence-electron chi connectivity index (χ0n) is 13.6. The number of carbonyl (C=O) groups is 1. The van der Waals surface area contributed by atoms with Crippen LogP contribution in [0, 0.1) is 0 Å². The minimum Gasteiger partial charge on any atom is -0.497 e. The van der Waals surface area contributed by atoms with E-state index in [1.807, 2.05) is 17.0 Å². The van der Waals surface area contributed by atoms with E-state index in [0.717, 1.165) is 25.4 Å². The Kier molecular flexibility index (Phi) is 4.67. The first-order valence-corrected chi connectivity index (χ1v) is 7.87. The largest absolute Gasteiger partial charge is 0.497 e. The molecule has 1 atom stereocenters. The number of hydrogen-bond acceptors (Lipinski definition) is 4. The standard InChI is InChI=1S/C18H22N2O3/c1-14-12-19(13-15-5-3-6-16(11-15)22-2)8-9-20(14)18(21)17-7-4-10-23-17/h3-7,10-11,14H,8-9,12-13H2,1-2H3/t14-/m0/s1. The van der Waals surface area contributed by atoms with E-state index >= 15 is 0 Å². The van der Waals surface area contributed by atoms with E-state index in [-0.39, 0.29) is 11.9 Å². The third-order valence-electron chi connectivity index (χ3n) is 4.24. The summed E-state index contributed by atoms with van der Waals surface area (Å²) >= 11 is 0. The fraction of sp³-hybridized carbons (Fsp3) is 0.389. The maximum atomic E-state index is 12.4. The lowest BCUT2D eigenvalue weighted by Crippen LogP contribution is -2.53. The van der Waals surface area contributed by atoms with Gasteiger partial charge in [0.2, 0.25) is 0 Å². The molecular weight excluding hydrogens is 292 g/mol. The maximum Gasteiger partial charge on any atom is 0.289 e. The first kappa shape index (κ1) is 15.6. The Bertz CT molecular complexity index is 654. The molecule has 1 aliphatic heterocycles. The summed E-state index contributed by atoms with van der Waals surface area (Å²) in [5, 5.41) is 0. The van der Waals surface area contributed by atoms with Crippen molar-refractivity contribution in [3.05, 3.63) is 54.0 Å². The molecule has 5 heteroatoms. The van der Waals surface area contributed by atoms with E-state index in [9.17, 15) is 4.79 Å². The molecule has 0 bridgehead atoms. The topological polar surface area (TPSA) is 45.9 Å². The Labute approximate surface area is 136 Å². The van der Waals surface area contributed by atoms with E-state index in [1.54, 1.807) is 19.2 Å². The first-order valence-electron chi connectivity index (χ1n) is 7.87. The van der Waals surface area contributed by atoms with Crippen LogP contribution in [-0.4, -0.2) is 48.5 Å². The molecule has 0 unspecified atom stereocenters. The monoisotopic (exact) mass is 314 g/mol. The predicted octanol–water partition coefficient (Wildman–Crippen LogP) is 2.63. The second kappa shape index (κ2) is 6.87. The summed E-state index contributed by atoms with van der Waals surface area (Å²) in [4.78, 5) is 16.7. The molecule has 2 heterocycles. The molecule has 0 N–H and O–H groups in total. The molecule has 1 aromatic heterocycles. The van der Waals surface area contributed by atoms with Gasteiger partial charge in [-0.3, -0.25) is 9.69 Å². The van der Waals surface area contributed by atoms with Gasteiger partial charge in [0, 0.05) is 32.2 Å². The number of hydrogen-bond donors (Lipinski definition) is 0. The lowest BCUT2D eigenvalue weighted by Gasteiger charge is -2.39. The average Bonchev–Trinajstić information content (AvgIpc) is 3.09. The highest BCUT2D eigenvalue weighted by Gasteiger charge is 2.29. The molecule has 3 rings (SSSR count). The molecule has 1 fully saturated rings. The molecule has 2 aromatic rings. The van der Waals surface area contributed by atoms with Crippen LogP contribution in [0.1, 0.15) is 23.0 Å². The third-order valence-corrected chi connectivity index (χ3v) is 4.24. The zero-order valence-corrected chi connectivity index (χ0v) is 13.6. The molecular formula is C18H22N2O3. The Hall–Kier alpha value is -2.27. The molecule has 1 amide bonds. The van der Waals surface area contributed by atoms with Crippen LogP contribution in [0.3, 0.4) is 0 Å². The average molecular weight is 314 g/mol. The van der Waals surface area contributed by atoms with E-state index < -0.39 is 0 Å². The number of methoxy groups -OCH3 is 1. The van der Waals surface area contributed by atoms with Gasteiger partial charge in [-0.25, -0.2) is 0 Å². The van der Waals surface area contributed by atoms with Crippen LogP contribution in [-0.2, 0) is 6.54 Å². The summed E-state index contributed by atoms with van der Waals surface area (Å²) in [6, 6.07) is 11.8. The van der Waals surface area contributed by atoms with Gasteiger partial charge in [0.1, 0.15) is 5.75 Å². The number of piperazine rings is 1. The minimum atomic E-state index is -0.0245. The summed E-state index contributed by atoms with van der Waals surface area (Å²) in [5.74, 6) is 1.27. The summed E-state index contributed by atoms with van der Waals surface area (Å²) in [7, 11) is 1.68. The first-order chi connectivity index (χ1) is 11.2. The molecule has 23 heavy (non-hydrogen) atoms. The smallest absolute Gasteiger partial charge is 0.289 e. The van der Waals surface area contributed by atoms with Crippen molar-refractivity contribution in [2.45, 2.75) is 19.5 Å². The summed E-state index contributed by atoms with van der Waals surface area (Å²) < 4.78 is 10.5. The molecule has 0 saturated carbocycles. The number of nitrogens with zero attached hydrogens (tertiary/aromatic N) is 2. The SMILES string of the molecule is COc1cccc(CN2CCN(C(=O)c3ccco3)[C@@H](C)C2)c1. The van der Waals surface area contributed by atoms with Gasteiger partial charge in [0.05, 0.1) is 13.4 Å². The number of benzene rings is 1. The fourth-order valence-electron chi connectivity index (χ4n) is 3.05. The van der Waals surface area contributed by atoms with Crippen molar-refractivity contribution in [2.75, 3.05) is 26.7 Å². The van der Waals surface area contributed by atoms with Gasteiger partial charge in [0.15, 0.2) is 5.76 Å². The van der Waals surface area contributed by atoms with Crippen LogP contribution in [0.2, 0.25) is 0 Å². The fourth-order valence-corrected chi connectivity index (χ4v) is 3.05. The van der Waals surface area contributed by atoms with Crippen molar-refractivity contribution in [2.24, 2.45) is 0 Å². The molecule has 0 aliphatic carbocycles. The maximum absolute atomic E-state index is 12.4. The van der Waals surface area contributed by atoms with Gasteiger partial charge in [-0.05, 0) is 36.8 Å². The van der Waals surface area contributed by atoms with Crippen LogP contribution < -0.4 is 4.74 Å². The molecule has 1 aromatic carbocycles. The van der Waals surface area contributed by atoms with Gasteiger partial charge in [-0.15, -0.1) is 0 Å². The molecule has 1 saturated heterocycles. The summed E-state index contributed by atoms with van der Waals surface area (Å²) in [5.41, 5.74) is 1.22. The van der Waals surface area contributed by atoms with E-state index in [1.165, 1.54) is 11.8 Å². The van der Waals surface area contributed by atoms with Gasteiger partial charge in [0.25, 0.3) is 5.91 Å². The molecule has 0 radical (unpaired) electrons. The normalized spacial score (nSPS) is 18.9. The molecule has 5 nitrogen and oxygen atoms in total. The highest BCUT2D eigenvalue weighted by molar-refractivity contribution is 5.91. The number of furan rings is 1. The lowest BCUT2D eigenvalue weighted by atomic mass is 10.1. The highest BCUT2D eigenvalue weighted by atomic mass is 16.5. The van der Waals surface area contributed by atoms with Crippen molar-refractivity contribution in [3.8, 4) is 5.75 Å². The minimum absolute atomic E-state index is 0.0245. The van der Waals surface area contributed by atoms with Gasteiger partial charge < -0.3 is 14.1 Å². The molecule has 1 aliphatic rings. The number of amides is 1. The number of ether oxygens (including phenoxy) is 1. The summed E-state index contributed by atoms with van der Waals surface area (Å²) in [6.45, 7) is 5.37. The Balaban J connectivity index is 1.61. The number of carbonyl (C=O) groups excluding carboxylic acids is 1. The molecule has 122 valence electrons. The molecule has 0 spiro atoms. The summed E-state index contributed by atoms with van der Waals surface area (Å²) in [6.07, 6.45) is 1.54. The second-order valence-electron chi connectivity index (χ2n) is 5.91. The Morgan fingerprint density at radius 2 is 2.17 bits per heavy atom. The van der Waals surface area contributed by atoms with Crippen molar-refractivity contribution >= 4 is 5.91 Å². The van der Waals surface area contributed by atoms with E-state index in [4.69, 9.17) is 9.15 Å². The van der Waals surface area contributed by atoms with E-state index in [0.29, 0.717) is 12.3 Å². The Morgan fingerprint density at radius 1 is 1.30 bits per heavy atom. The van der Waals surface area contributed by atoms with Crippen molar-refractivity contribution in [1.29, 1.82) is 0 Å². The predicted molar refractivity (Wildman–Crippen MR) is 87.5 cm³/mol. The van der Waals surface area contributed by atoms with Crippen LogP contribution in [0.15, 0.2) is 47.1 Å². The van der Waals surface area contributed by atoms with Gasteiger partial charge in [-0.2, -0.15) is 0 Å². The van der Waals surface area contributed by atoms with Crippen LogP contribution in [0.5, 0.6) is 5.75 Å². The van der Waals surface area contributed by atoms with Crippen LogP contribution in [0.25, 0.3) is 0 Å².